The molecule has 1 heterocycles. The fourth-order valence-electron chi connectivity index (χ4n) is 3.85. The van der Waals surface area contributed by atoms with Crippen molar-refractivity contribution in [2.24, 2.45) is 5.92 Å². The Morgan fingerprint density at radius 2 is 1.94 bits per heavy atom. The molecule has 1 fully saturated rings. The molecule has 0 unspecified atom stereocenters. The van der Waals surface area contributed by atoms with Gasteiger partial charge in [-0.05, 0) is 61.7 Å². The molecular formula is C24H28N2NaO3S-. The van der Waals surface area contributed by atoms with Gasteiger partial charge in [0, 0.05) is 25.0 Å². The SMILES string of the molecule is [CH2-]C([CH2-])S(=O)(=O)c1ccc(OC[C@H]2C[C@@H](C)N(CCc3cccc(C#N)c3)C2)cc1.[Na+]. The summed E-state index contributed by atoms with van der Waals surface area (Å²) >= 11 is 0. The van der Waals surface area contributed by atoms with E-state index in [2.05, 4.69) is 37.8 Å². The summed E-state index contributed by atoms with van der Waals surface area (Å²) in [5.41, 5.74) is 1.88. The minimum atomic E-state index is -3.47. The van der Waals surface area contributed by atoms with Crippen molar-refractivity contribution in [1.29, 1.82) is 5.26 Å². The van der Waals surface area contributed by atoms with Gasteiger partial charge < -0.3 is 18.6 Å². The van der Waals surface area contributed by atoms with Crippen LogP contribution in [0.2, 0.25) is 0 Å². The number of nitriles is 1. The summed E-state index contributed by atoms with van der Waals surface area (Å²) in [6, 6.07) is 16.9. The molecule has 7 heteroatoms. The largest absolute Gasteiger partial charge is 1.00 e. The predicted molar refractivity (Wildman–Crippen MR) is 118 cm³/mol. The first-order valence-electron chi connectivity index (χ1n) is 10.2. The molecule has 1 aliphatic rings. The van der Waals surface area contributed by atoms with Crippen molar-refractivity contribution in [2.45, 2.75) is 36.0 Å². The zero-order chi connectivity index (χ0) is 21.7. The first kappa shape index (κ1) is 25.9. The van der Waals surface area contributed by atoms with Gasteiger partial charge in [-0.25, -0.2) is 8.42 Å². The van der Waals surface area contributed by atoms with Gasteiger partial charge in [0.25, 0.3) is 0 Å². The Morgan fingerprint density at radius 3 is 2.58 bits per heavy atom. The minimum Gasteiger partial charge on any atom is -0.493 e. The topological polar surface area (TPSA) is 70.4 Å². The minimum absolute atomic E-state index is 0. The van der Waals surface area contributed by atoms with Crippen molar-refractivity contribution in [1.82, 2.24) is 4.90 Å². The van der Waals surface area contributed by atoms with Crippen molar-refractivity contribution in [3.8, 4) is 11.8 Å². The van der Waals surface area contributed by atoms with Gasteiger partial charge in [0.1, 0.15) is 15.6 Å². The summed E-state index contributed by atoms with van der Waals surface area (Å²) in [5.74, 6) is 1.09. The van der Waals surface area contributed by atoms with E-state index in [4.69, 9.17) is 10.00 Å². The maximum absolute atomic E-state index is 12.1. The van der Waals surface area contributed by atoms with Crippen LogP contribution in [0.5, 0.6) is 5.75 Å². The molecule has 2 aromatic rings. The molecule has 2 atom stereocenters. The van der Waals surface area contributed by atoms with E-state index in [0.29, 0.717) is 29.9 Å². The Kier molecular flexibility index (Phi) is 9.60. The maximum atomic E-state index is 12.1. The first-order chi connectivity index (χ1) is 14.3. The van der Waals surface area contributed by atoms with Crippen molar-refractivity contribution >= 4 is 9.84 Å². The summed E-state index contributed by atoms with van der Waals surface area (Å²) in [7, 11) is -3.47. The smallest absolute Gasteiger partial charge is 0.493 e. The van der Waals surface area contributed by atoms with Crippen LogP contribution in [0.15, 0.2) is 53.4 Å². The Hall–Kier alpha value is -1.36. The molecule has 0 saturated carbocycles. The molecule has 0 bridgehead atoms. The van der Waals surface area contributed by atoms with E-state index in [1.54, 1.807) is 24.3 Å². The van der Waals surface area contributed by atoms with Crippen LogP contribution in [-0.2, 0) is 16.3 Å². The van der Waals surface area contributed by atoms with E-state index >= 15 is 0 Å². The fourth-order valence-corrected chi connectivity index (χ4v) is 4.75. The molecule has 0 aromatic heterocycles. The molecule has 0 radical (unpaired) electrons. The molecule has 0 amide bonds. The zero-order valence-electron chi connectivity index (χ0n) is 18.3. The molecular weight excluding hydrogens is 419 g/mol. The molecule has 5 nitrogen and oxygen atoms in total. The fraction of sp³-hybridized carbons (Fsp3) is 0.375. The van der Waals surface area contributed by atoms with Crippen LogP contribution in [0.25, 0.3) is 0 Å². The van der Waals surface area contributed by atoms with Gasteiger partial charge in [0.2, 0.25) is 0 Å². The monoisotopic (exact) mass is 447 g/mol. The van der Waals surface area contributed by atoms with Crippen LogP contribution in [-0.4, -0.2) is 44.3 Å². The van der Waals surface area contributed by atoms with E-state index < -0.39 is 15.1 Å². The molecule has 0 N–H and O–H groups in total. The first-order valence-corrected chi connectivity index (χ1v) is 11.7. The van der Waals surface area contributed by atoms with Crippen molar-refractivity contribution < 1.29 is 42.7 Å². The van der Waals surface area contributed by atoms with Crippen LogP contribution >= 0.6 is 0 Å². The number of ether oxygens (including phenoxy) is 1. The third-order valence-corrected chi connectivity index (χ3v) is 7.42. The van der Waals surface area contributed by atoms with Crippen molar-refractivity contribution in [2.75, 3.05) is 19.7 Å². The average Bonchev–Trinajstić information content (AvgIpc) is 3.10. The molecule has 31 heavy (non-hydrogen) atoms. The maximum Gasteiger partial charge on any atom is 1.00 e. The van der Waals surface area contributed by atoms with E-state index in [1.807, 2.05) is 18.2 Å². The quantitative estimate of drug-likeness (QED) is 0.440. The summed E-state index contributed by atoms with van der Waals surface area (Å²) in [4.78, 5) is 2.68. The average molecular weight is 448 g/mol. The molecule has 0 aliphatic carbocycles. The molecule has 3 rings (SSSR count). The second-order valence-electron chi connectivity index (χ2n) is 7.96. The third-order valence-electron chi connectivity index (χ3n) is 5.61. The Labute approximate surface area is 208 Å². The van der Waals surface area contributed by atoms with Gasteiger partial charge in [-0.2, -0.15) is 10.5 Å². The van der Waals surface area contributed by atoms with Crippen LogP contribution in [0, 0.1) is 31.1 Å². The summed E-state index contributed by atoms with van der Waals surface area (Å²) in [6.45, 7) is 11.8. The Bertz CT molecular complexity index is 1000. The molecule has 0 spiro atoms. The summed E-state index contributed by atoms with van der Waals surface area (Å²) in [6.07, 6.45) is 1.98. The van der Waals surface area contributed by atoms with Gasteiger partial charge in [-0.3, -0.25) is 4.90 Å². The Balaban J connectivity index is 0.00000341. The second-order valence-corrected chi connectivity index (χ2v) is 10.2. The number of hydrogen-bond acceptors (Lipinski definition) is 5. The normalized spacial score (nSPS) is 19.1. The van der Waals surface area contributed by atoms with Crippen LogP contribution in [0.3, 0.4) is 0 Å². The van der Waals surface area contributed by atoms with E-state index in [0.717, 1.165) is 25.9 Å². The third kappa shape index (κ3) is 6.81. The van der Waals surface area contributed by atoms with Gasteiger partial charge in [-0.15, -0.1) is 0 Å². The zero-order valence-corrected chi connectivity index (χ0v) is 21.1. The van der Waals surface area contributed by atoms with Crippen molar-refractivity contribution in [3.63, 3.8) is 0 Å². The molecule has 1 saturated heterocycles. The molecule has 160 valence electrons. The predicted octanol–water partition coefficient (Wildman–Crippen LogP) is 0.705. The summed E-state index contributed by atoms with van der Waals surface area (Å²) < 4.78 is 30.1. The van der Waals surface area contributed by atoms with E-state index in [1.165, 1.54) is 5.56 Å². The van der Waals surface area contributed by atoms with Crippen LogP contribution in [0.1, 0.15) is 24.5 Å². The number of likely N-dealkylation sites (tertiary alicyclic amines) is 1. The second kappa shape index (κ2) is 11.5. The van der Waals surface area contributed by atoms with Crippen LogP contribution in [0.4, 0.5) is 0 Å². The van der Waals surface area contributed by atoms with Gasteiger partial charge in [0.05, 0.1) is 23.1 Å². The summed E-state index contributed by atoms with van der Waals surface area (Å²) in [5, 5.41) is 8.11. The standard InChI is InChI=1S/C24H28N2O3S.Na/c1-18(2)30(27,28)24-9-7-23(8-10-24)29-17-22-13-19(3)26(16-22)12-11-20-5-4-6-21(14-20)15-25;/h4-10,14,18-19,22H,1-2,11-13,16-17H2,3H3;/q-2;+1/t19-,22+;/m1./s1. The molecule has 1 aliphatic heterocycles. The van der Waals surface area contributed by atoms with Crippen molar-refractivity contribution in [3.05, 3.63) is 73.5 Å². The number of hydrogen-bond donors (Lipinski definition) is 0. The number of nitrogens with zero attached hydrogens (tertiary/aromatic N) is 2. The number of rotatable bonds is 8. The van der Waals surface area contributed by atoms with Gasteiger partial charge in [0.15, 0.2) is 0 Å². The van der Waals surface area contributed by atoms with Gasteiger partial charge in [-0.1, -0.05) is 12.1 Å². The van der Waals surface area contributed by atoms with Crippen LogP contribution < -0.4 is 34.3 Å². The number of benzene rings is 2. The Morgan fingerprint density at radius 1 is 1.23 bits per heavy atom. The van der Waals surface area contributed by atoms with E-state index in [-0.39, 0.29) is 34.5 Å². The number of sulfone groups is 1. The molecule has 2 aromatic carbocycles. The van der Waals surface area contributed by atoms with Gasteiger partial charge >= 0.3 is 29.6 Å². The van der Waals surface area contributed by atoms with E-state index in [9.17, 15) is 8.42 Å².